The number of carbonyl (C=O) groups excluding carboxylic acids is 1. The summed E-state index contributed by atoms with van der Waals surface area (Å²) in [5.74, 6) is 5.56. The first-order valence-corrected chi connectivity index (χ1v) is 6.63. The van der Waals surface area contributed by atoms with Crippen LogP contribution in [-0.4, -0.2) is 24.2 Å². The predicted octanol–water partition coefficient (Wildman–Crippen LogP) is 2.46. The van der Waals surface area contributed by atoms with Crippen molar-refractivity contribution in [2.24, 2.45) is 5.92 Å². The minimum absolute atomic E-state index is 0.135. The lowest BCUT2D eigenvalue weighted by Crippen LogP contribution is -2.28. The van der Waals surface area contributed by atoms with Gasteiger partial charge in [-0.25, -0.2) is 0 Å². The van der Waals surface area contributed by atoms with Crippen molar-refractivity contribution in [3.05, 3.63) is 34.3 Å². The first-order chi connectivity index (χ1) is 9.08. The van der Waals surface area contributed by atoms with Gasteiger partial charge in [0.25, 0.3) is 5.91 Å². The minimum Gasteiger partial charge on any atom is -0.384 e. The SMILES string of the molecule is CCC(C)CNC(=O)c1ccc(C#CCO)c(Cl)c1. The standard InChI is InChI=1S/C15H18ClNO2/c1-3-11(2)10-17-15(19)13-7-6-12(5-4-8-18)14(16)9-13/h6-7,9,11,18H,3,8,10H2,1-2H3,(H,17,19). The Morgan fingerprint density at radius 2 is 2.26 bits per heavy atom. The highest BCUT2D eigenvalue weighted by Gasteiger charge is 2.08. The third kappa shape index (κ3) is 4.94. The van der Waals surface area contributed by atoms with E-state index in [2.05, 4.69) is 31.0 Å². The average molecular weight is 280 g/mol. The fourth-order valence-corrected chi connectivity index (χ4v) is 1.63. The minimum atomic E-state index is -0.215. The van der Waals surface area contributed by atoms with E-state index in [1.54, 1.807) is 18.2 Å². The second kappa shape index (κ2) is 7.83. The zero-order chi connectivity index (χ0) is 14.3. The zero-order valence-electron chi connectivity index (χ0n) is 11.2. The Bertz CT molecular complexity index is 503. The van der Waals surface area contributed by atoms with Crippen LogP contribution in [0.15, 0.2) is 18.2 Å². The van der Waals surface area contributed by atoms with E-state index in [0.29, 0.717) is 28.6 Å². The molecule has 0 aliphatic rings. The third-order valence-corrected chi connectivity index (χ3v) is 3.15. The fraction of sp³-hybridized carbons (Fsp3) is 0.400. The van der Waals surface area contributed by atoms with Gasteiger partial charge in [-0.3, -0.25) is 4.79 Å². The Labute approximate surface area is 119 Å². The van der Waals surface area contributed by atoms with Crippen molar-refractivity contribution in [3.63, 3.8) is 0 Å². The molecule has 0 saturated carbocycles. The maximum absolute atomic E-state index is 11.9. The molecule has 1 amide bonds. The van der Waals surface area contributed by atoms with Crippen molar-refractivity contribution in [1.29, 1.82) is 0 Å². The summed E-state index contributed by atoms with van der Waals surface area (Å²) in [5.41, 5.74) is 1.12. The number of benzene rings is 1. The Hall–Kier alpha value is -1.50. The van der Waals surface area contributed by atoms with E-state index in [9.17, 15) is 4.79 Å². The van der Waals surface area contributed by atoms with Crippen molar-refractivity contribution in [1.82, 2.24) is 5.32 Å². The Morgan fingerprint density at radius 3 is 2.84 bits per heavy atom. The molecule has 102 valence electrons. The summed E-state index contributed by atoms with van der Waals surface area (Å²) < 4.78 is 0. The van der Waals surface area contributed by atoms with Crippen LogP contribution in [0.5, 0.6) is 0 Å². The number of amides is 1. The summed E-state index contributed by atoms with van der Waals surface area (Å²) in [7, 11) is 0. The van der Waals surface area contributed by atoms with Gasteiger partial charge in [0.2, 0.25) is 0 Å². The van der Waals surface area contributed by atoms with Crippen LogP contribution in [0.4, 0.5) is 0 Å². The zero-order valence-corrected chi connectivity index (χ0v) is 11.9. The van der Waals surface area contributed by atoms with Crippen molar-refractivity contribution >= 4 is 17.5 Å². The van der Waals surface area contributed by atoms with Crippen LogP contribution in [0.1, 0.15) is 36.2 Å². The fourth-order valence-electron chi connectivity index (χ4n) is 1.41. The number of aliphatic hydroxyl groups excluding tert-OH is 1. The van der Waals surface area contributed by atoms with Crippen molar-refractivity contribution in [2.45, 2.75) is 20.3 Å². The molecule has 0 radical (unpaired) electrons. The molecule has 0 fully saturated rings. The molecule has 0 aromatic heterocycles. The number of halogens is 1. The highest BCUT2D eigenvalue weighted by Crippen LogP contribution is 2.17. The number of rotatable bonds is 4. The van der Waals surface area contributed by atoms with Crippen LogP contribution < -0.4 is 5.32 Å². The molecule has 2 N–H and O–H groups in total. The second-order valence-electron chi connectivity index (χ2n) is 4.38. The van der Waals surface area contributed by atoms with Gasteiger partial charge in [-0.15, -0.1) is 0 Å². The molecule has 0 heterocycles. The molecular formula is C15H18ClNO2. The van der Waals surface area contributed by atoms with Crippen LogP contribution in [0, 0.1) is 17.8 Å². The van der Waals surface area contributed by atoms with Crippen molar-refractivity contribution in [2.75, 3.05) is 13.2 Å². The van der Waals surface area contributed by atoms with E-state index in [-0.39, 0.29) is 12.5 Å². The highest BCUT2D eigenvalue weighted by molar-refractivity contribution is 6.32. The summed E-state index contributed by atoms with van der Waals surface area (Å²) >= 11 is 6.04. The molecule has 0 saturated heterocycles. The van der Waals surface area contributed by atoms with Gasteiger partial charge in [0.05, 0.1) is 5.02 Å². The van der Waals surface area contributed by atoms with E-state index < -0.39 is 0 Å². The van der Waals surface area contributed by atoms with E-state index in [1.165, 1.54) is 0 Å². The molecule has 3 nitrogen and oxygen atoms in total. The largest absolute Gasteiger partial charge is 0.384 e. The van der Waals surface area contributed by atoms with Crippen molar-refractivity contribution < 1.29 is 9.90 Å². The maximum Gasteiger partial charge on any atom is 0.251 e. The quantitative estimate of drug-likeness (QED) is 0.832. The first kappa shape index (κ1) is 15.6. The summed E-state index contributed by atoms with van der Waals surface area (Å²) in [4.78, 5) is 11.9. The predicted molar refractivity (Wildman–Crippen MR) is 77.2 cm³/mol. The molecule has 0 spiro atoms. The van der Waals surface area contributed by atoms with E-state index >= 15 is 0 Å². The summed E-state index contributed by atoms with van der Waals surface area (Å²) in [6.07, 6.45) is 1.02. The summed E-state index contributed by atoms with van der Waals surface area (Å²) in [6.45, 7) is 4.61. The molecule has 1 aromatic rings. The topological polar surface area (TPSA) is 49.3 Å². The van der Waals surface area contributed by atoms with Gasteiger partial charge in [-0.2, -0.15) is 0 Å². The Balaban J connectivity index is 2.74. The monoisotopic (exact) mass is 279 g/mol. The van der Waals surface area contributed by atoms with Gasteiger partial charge >= 0.3 is 0 Å². The third-order valence-electron chi connectivity index (χ3n) is 2.84. The lowest BCUT2D eigenvalue weighted by atomic mass is 10.1. The smallest absolute Gasteiger partial charge is 0.251 e. The molecule has 0 aliphatic carbocycles. The van der Waals surface area contributed by atoms with Crippen molar-refractivity contribution in [3.8, 4) is 11.8 Å². The van der Waals surface area contributed by atoms with Gasteiger partial charge in [-0.05, 0) is 24.1 Å². The molecular weight excluding hydrogens is 262 g/mol. The summed E-state index contributed by atoms with van der Waals surface area (Å²) in [6, 6.07) is 4.96. The maximum atomic E-state index is 11.9. The van der Waals surface area contributed by atoms with E-state index in [0.717, 1.165) is 6.42 Å². The molecule has 1 unspecified atom stereocenters. The average Bonchev–Trinajstić information content (AvgIpc) is 2.42. The number of hydrogen-bond donors (Lipinski definition) is 2. The normalized spacial score (nSPS) is 11.4. The molecule has 0 aliphatic heterocycles. The van der Waals surface area contributed by atoms with Crippen LogP contribution in [0.2, 0.25) is 5.02 Å². The van der Waals surface area contributed by atoms with Crippen LogP contribution in [-0.2, 0) is 0 Å². The van der Waals surface area contributed by atoms with E-state index in [1.807, 2.05) is 0 Å². The lowest BCUT2D eigenvalue weighted by molar-refractivity contribution is 0.0948. The lowest BCUT2D eigenvalue weighted by Gasteiger charge is -2.10. The van der Waals surface area contributed by atoms with Gasteiger partial charge < -0.3 is 10.4 Å². The number of nitrogens with one attached hydrogen (secondary N) is 1. The first-order valence-electron chi connectivity index (χ1n) is 6.26. The van der Waals surface area contributed by atoms with Gasteiger partial charge in [0.1, 0.15) is 6.61 Å². The van der Waals surface area contributed by atoms with Crippen LogP contribution in [0.3, 0.4) is 0 Å². The molecule has 1 atom stereocenters. The molecule has 0 bridgehead atoms. The molecule has 4 heteroatoms. The van der Waals surface area contributed by atoms with Gasteiger partial charge in [0.15, 0.2) is 0 Å². The van der Waals surface area contributed by atoms with Gasteiger partial charge in [0, 0.05) is 17.7 Å². The second-order valence-corrected chi connectivity index (χ2v) is 4.79. The summed E-state index contributed by atoms with van der Waals surface area (Å²) in [5, 5.41) is 11.9. The number of hydrogen-bond acceptors (Lipinski definition) is 2. The number of aliphatic hydroxyl groups is 1. The van der Waals surface area contributed by atoms with Crippen LogP contribution in [0.25, 0.3) is 0 Å². The Morgan fingerprint density at radius 1 is 1.53 bits per heavy atom. The van der Waals surface area contributed by atoms with Crippen LogP contribution >= 0.6 is 11.6 Å². The Kier molecular flexibility index (Phi) is 6.41. The highest BCUT2D eigenvalue weighted by atomic mass is 35.5. The molecule has 1 aromatic carbocycles. The van der Waals surface area contributed by atoms with Gasteiger partial charge in [-0.1, -0.05) is 43.7 Å². The molecule has 19 heavy (non-hydrogen) atoms. The van der Waals surface area contributed by atoms with E-state index in [4.69, 9.17) is 16.7 Å². The molecule has 1 rings (SSSR count). The number of carbonyl (C=O) groups is 1.